The third-order valence-corrected chi connectivity index (χ3v) is 1.89. The van der Waals surface area contributed by atoms with Gasteiger partial charge in [-0.2, -0.15) is 0 Å². The molecule has 0 aromatic carbocycles. The lowest BCUT2D eigenvalue weighted by Gasteiger charge is -2.22. The van der Waals surface area contributed by atoms with Gasteiger partial charge in [-0.1, -0.05) is 13.3 Å². The Balaban J connectivity index is 4.80. The Hall–Kier alpha value is -1.10. The fraction of sp³-hybridized carbons (Fsp3) is 0.750. The summed E-state index contributed by atoms with van der Waals surface area (Å²) in [6.07, 6.45) is 0.563. The van der Waals surface area contributed by atoms with Crippen LogP contribution in [0.2, 0.25) is 0 Å². The summed E-state index contributed by atoms with van der Waals surface area (Å²) in [6, 6.07) is 0. The van der Waals surface area contributed by atoms with E-state index in [1.807, 2.05) is 0 Å². The Kier molecular flexibility index (Phi) is 4.40. The van der Waals surface area contributed by atoms with Crippen molar-refractivity contribution in [1.82, 2.24) is 0 Å². The van der Waals surface area contributed by atoms with Gasteiger partial charge in [0.15, 0.2) is 5.41 Å². The van der Waals surface area contributed by atoms with Gasteiger partial charge in [-0.15, -0.1) is 0 Å². The van der Waals surface area contributed by atoms with Crippen LogP contribution in [-0.2, 0) is 14.3 Å². The van der Waals surface area contributed by atoms with E-state index < -0.39 is 17.4 Å². The number of methoxy groups -OCH3 is 1. The van der Waals surface area contributed by atoms with Gasteiger partial charge in [0.25, 0.3) is 0 Å². The molecule has 0 heterocycles. The van der Waals surface area contributed by atoms with Crippen molar-refractivity contribution in [3.8, 4) is 0 Å². The molecule has 0 aromatic rings. The summed E-state index contributed by atoms with van der Waals surface area (Å²) < 4.78 is 4.62. The largest absolute Gasteiger partial charge is 0.480 e. The number of hydrogen-bond acceptors (Lipinski definition) is 3. The van der Waals surface area contributed by atoms with Crippen molar-refractivity contribution >= 4 is 11.9 Å². The maximum absolute atomic E-state index is 10.8. The second-order valence-electron chi connectivity index (χ2n) is 2.88. The summed E-state index contributed by atoms with van der Waals surface area (Å²) in [5.41, 5.74) is -1.79. The van der Waals surface area contributed by atoms with E-state index in [0.717, 1.165) is 0 Å². The van der Waals surface area contributed by atoms with Crippen LogP contribution in [-0.4, -0.2) is 35.9 Å². The fourth-order valence-corrected chi connectivity index (χ4v) is 1.17. The first-order chi connectivity index (χ1) is 6.01. The summed E-state index contributed by atoms with van der Waals surface area (Å²) >= 11 is 0. The minimum Gasteiger partial charge on any atom is -0.480 e. The first-order valence-electron chi connectivity index (χ1n) is 3.97. The second-order valence-corrected chi connectivity index (χ2v) is 2.88. The van der Waals surface area contributed by atoms with E-state index in [1.165, 1.54) is 7.11 Å². The van der Waals surface area contributed by atoms with Gasteiger partial charge in [0.1, 0.15) is 0 Å². The summed E-state index contributed by atoms with van der Waals surface area (Å²) in [4.78, 5) is 21.6. The molecule has 5 nitrogen and oxygen atoms in total. The average molecular weight is 190 g/mol. The molecule has 0 rings (SSSR count). The van der Waals surface area contributed by atoms with Crippen molar-refractivity contribution in [1.29, 1.82) is 0 Å². The minimum atomic E-state index is -1.79. The maximum Gasteiger partial charge on any atom is 0.323 e. The Bertz CT molecular complexity index is 177. The lowest BCUT2D eigenvalue weighted by Crippen LogP contribution is -2.43. The normalized spacial score (nSPS) is 11.2. The highest BCUT2D eigenvalue weighted by atomic mass is 16.5. The lowest BCUT2D eigenvalue weighted by molar-refractivity contribution is -0.169. The van der Waals surface area contributed by atoms with Gasteiger partial charge in [0.2, 0.25) is 0 Å². The number of aliphatic carboxylic acids is 2. The quantitative estimate of drug-likeness (QED) is 0.599. The number of carboxylic acid groups (broad SMARTS) is 2. The molecule has 0 spiro atoms. The van der Waals surface area contributed by atoms with Crippen LogP contribution in [0.5, 0.6) is 0 Å². The van der Waals surface area contributed by atoms with Crippen LogP contribution in [0, 0.1) is 5.41 Å². The Morgan fingerprint density at radius 1 is 1.31 bits per heavy atom. The van der Waals surface area contributed by atoms with E-state index in [9.17, 15) is 9.59 Å². The van der Waals surface area contributed by atoms with Gasteiger partial charge in [0, 0.05) is 7.11 Å². The monoisotopic (exact) mass is 190 g/mol. The van der Waals surface area contributed by atoms with Gasteiger partial charge >= 0.3 is 11.9 Å². The van der Waals surface area contributed by atoms with Crippen molar-refractivity contribution in [2.24, 2.45) is 5.41 Å². The highest BCUT2D eigenvalue weighted by molar-refractivity contribution is 5.98. The van der Waals surface area contributed by atoms with E-state index in [0.29, 0.717) is 6.42 Å². The van der Waals surface area contributed by atoms with Crippen molar-refractivity contribution < 1.29 is 24.5 Å². The van der Waals surface area contributed by atoms with E-state index in [-0.39, 0.29) is 13.0 Å². The van der Waals surface area contributed by atoms with Crippen molar-refractivity contribution in [3.05, 3.63) is 0 Å². The van der Waals surface area contributed by atoms with Gasteiger partial charge in [-0.05, 0) is 6.42 Å². The zero-order valence-electron chi connectivity index (χ0n) is 7.74. The van der Waals surface area contributed by atoms with Gasteiger partial charge in [0.05, 0.1) is 6.61 Å². The molecule has 0 aliphatic rings. The molecule has 13 heavy (non-hydrogen) atoms. The topological polar surface area (TPSA) is 83.8 Å². The predicted molar refractivity (Wildman–Crippen MR) is 44.5 cm³/mol. The first kappa shape index (κ1) is 11.9. The third kappa shape index (κ3) is 2.42. The molecule has 0 aliphatic heterocycles. The molecule has 0 radical (unpaired) electrons. The smallest absolute Gasteiger partial charge is 0.323 e. The molecule has 0 saturated carbocycles. The van der Waals surface area contributed by atoms with E-state index in [4.69, 9.17) is 10.2 Å². The average Bonchev–Trinajstić information content (AvgIpc) is 2.03. The third-order valence-electron chi connectivity index (χ3n) is 1.89. The molecular formula is C8H14O5. The van der Waals surface area contributed by atoms with Crippen molar-refractivity contribution in [2.45, 2.75) is 19.8 Å². The Morgan fingerprint density at radius 2 is 1.77 bits per heavy atom. The molecule has 0 aliphatic carbocycles. The minimum absolute atomic E-state index is 0.0749. The molecule has 0 bridgehead atoms. The molecule has 0 aromatic heterocycles. The van der Waals surface area contributed by atoms with E-state index in [2.05, 4.69) is 4.74 Å². The highest BCUT2D eigenvalue weighted by Crippen LogP contribution is 2.25. The predicted octanol–water partition coefficient (Wildman–Crippen LogP) is 0.589. The molecule has 0 amide bonds. The molecule has 76 valence electrons. The fourth-order valence-electron chi connectivity index (χ4n) is 1.17. The van der Waals surface area contributed by atoms with Crippen LogP contribution in [0.3, 0.4) is 0 Å². The zero-order chi connectivity index (χ0) is 10.5. The zero-order valence-corrected chi connectivity index (χ0v) is 7.74. The second kappa shape index (κ2) is 4.81. The van der Waals surface area contributed by atoms with Crippen LogP contribution in [0.15, 0.2) is 0 Å². The van der Waals surface area contributed by atoms with Crippen LogP contribution >= 0.6 is 0 Å². The highest BCUT2D eigenvalue weighted by Gasteiger charge is 2.45. The first-order valence-corrected chi connectivity index (χ1v) is 3.97. The number of rotatable bonds is 6. The molecule has 0 unspecified atom stereocenters. The SMILES string of the molecule is CCCC(COC)(C(=O)O)C(=O)O. The van der Waals surface area contributed by atoms with Crippen LogP contribution in [0.25, 0.3) is 0 Å². The van der Waals surface area contributed by atoms with E-state index >= 15 is 0 Å². The van der Waals surface area contributed by atoms with Gasteiger partial charge in [-0.25, -0.2) is 0 Å². The summed E-state index contributed by atoms with van der Waals surface area (Å²) in [6.45, 7) is 1.43. The summed E-state index contributed by atoms with van der Waals surface area (Å²) in [5.74, 6) is -2.69. The molecule has 0 saturated heterocycles. The van der Waals surface area contributed by atoms with Crippen molar-refractivity contribution in [3.63, 3.8) is 0 Å². The number of hydrogen-bond donors (Lipinski definition) is 2. The number of carboxylic acids is 2. The van der Waals surface area contributed by atoms with E-state index in [1.54, 1.807) is 6.92 Å². The van der Waals surface area contributed by atoms with Gasteiger partial charge in [-0.3, -0.25) is 9.59 Å². The standard InChI is InChI=1S/C8H14O5/c1-3-4-8(5-13-2,6(9)10)7(11)12/h3-5H2,1-2H3,(H,9,10)(H,11,12). The Labute approximate surface area is 76.3 Å². The molecular weight excluding hydrogens is 176 g/mol. The van der Waals surface area contributed by atoms with Crippen LogP contribution in [0.4, 0.5) is 0 Å². The molecule has 0 atom stereocenters. The van der Waals surface area contributed by atoms with Crippen LogP contribution < -0.4 is 0 Å². The lowest BCUT2D eigenvalue weighted by atomic mass is 9.84. The number of carbonyl (C=O) groups is 2. The van der Waals surface area contributed by atoms with Crippen molar-refractivity contribution in [2.75, 3.05) is 13.7 Å². The maximum atomic E-state index is 10.8. The Morgan fingerprint density at radius 3 is 2.00 bits per heavy atom. The summed E-state index contributed by atoms with van der Waals surface area (Å²) in [5, 5.41) is 17.6. The van der Waals surface area contributed by atoms with Crippen LogP contribution in [0.1, 0.15) is 19.8 Å². The molecule has 0 fully saturated rings. The van der Waals surface area contributed by atoms with Gasteiger partial charge < -0.3 is 14.9 Å². The molecule has 5 heteroatoms. The summed E-state index contributed by atoms with van der Waals surface area (Å²) in [7, 11) is 1.29. The molecule has 2 N–H and O–H groups in total. The number of ether oxygens (including phenoxy) is 1.